The smallest absolute Gasteiger partial charge is 0.311 e. The summed E-state index contributed by atoms with van der Waals surface area (Å²) in [5, 5.41) is 15.1. The molecule has 1 aliphatic heterocycles. The van der Waals surface area contributed by atoms with Gasteiger partial charge in [0.05, 0.1) is 35.8 Å². The number of benzene rings is 3. The van der Waals surface area contributed by atoms with Gasteiger partial charge in [0.15, 0.2) is 5.75 Å². The number of methoxy groups -OCH3 is 2. The van der Waals surface area contributed by atoms with Crippen molar-refractivity contribution in [1.82, 2.24) is 0 Å². The molecule has 1 heterocycles. The van der Waals surface area contributed by atoms with Crippen LogP contribution in [0, 0.1) is 16.0 Å². The standard InChI is InChI=1S/C26H25N3O6S/c1-34-18-6-3-5-17(14-18)28-36(32,33)19-10-11-23-22(15-19)20-7-4-8-21(20)26(27-23)16-9-12-25(35-2)24(13-16)29(30)31/h3-7,9-15,20-21,26-28H,8H2,1-2H3/t20-,21+,26+/m0/s1. The molecule has 0 aromatic heterocycles. The highest BCUT2D eigenvalue weighted by atomic mass is 32.2. The molecule has 2 N–H and O–H groups in total. The number of nitrogens with one attached hydrogen (secondary N) is 2. The number of nitrogens with zero attached hydrogens (tertiary/aromatic N) is 1. The predicted molar refractivity (Wildman–Crippen MR) is 136 cm³/mol. The van der Waals surface area contributed by atoms with Gasteiger partial charge in [-0.3, -0.25) is 14.8 Å². The lowest BCUT2D eigenvalue weighted by atomic mass is 9.77. The largest absolute Gasteiger partial charge is 0.497 e. The molecule has 9 nitrogen and oxygen atoms in total. The highest BCUT2D eigenvalue weighted by Crippen LogP contribution is 2.51. The molecule has 0 saturated carbocycles. The number of hydrogen-bond acceptors (Lipinski definition) is 7. The first-order valence-corrected chi connectivity index (χ1v) is 12.9. The van der Waals surface area contributed by atoms with Crippen LogP contribution in [-0.4, -0.2) is 27.6 Å². The maximum absolute atomic E-state index is 13.2. The average molecular weight is 508 g/mol. The topological polar surface area (TPSA) is 120 Å². The number of rotatable bonds is 7. The van der Waals surface area contributed by atoms with Crippen LogP contribution in [0.4, 0.5) is 17.1 Å². The molecule has 0 bridgehead atoms. The van der Waals surface area contributed by atoms with Crippen LogP contribution in [0.5, 0.6) is 11.5 Å². The van der Waals surface area contributed by atoms with Crippen LogP contribution >= 0.6 is 0 Å². The number of fused-ring (bicyclic) bond motifs is 3. The third-order valence-electron chi connectivity index (χ3n) is 6.73. The van der Waals surface area contributed by atoms with Crippen LogP contribution in [0.1, 0.15) is 29.5 Å². The highest BCUT2D eigenvalue weighted by Gasteiger charge is 2.39. The molecule has 5 rings (SSSR count). The first-order chi connectivity index (χ1) is 17.3. The SMILES string of the molecule is COc1cccc(NS(=O)(=O)c2ccc3c(c2)[C@H]2C=CC[C@H]2[C@@H](c2ccc(OC)c([N+](=O)[O-])c2)N3)c1. The van der Waals surface area contributed by atoms with Crippen molar-refractivity contribution in [3.8, 4) is 11.5 Å². The van der Waals surface area contributed by atoms with Gasteiger partial charge in [-0.1, -0.05) is 24.3 Å². The van der Waals surface area contributed by atoms with Gasteiger partial charge in [0, 0.05) is 23.7 Å². The Morgan fingerprint density at radius 2 is 1.89 bits per heavy atom. The van der Waals surface area contributed by atoms with Crippen molar-refractivity contribution in [1.29, 1.82) is 0 Å². The van der Waals surface area contributed by atoms with Crippen molar-refractivity contribution < 1.29 is 22.8 Å². The molecule has 10 heteroatoms. The number of allylic oxidation sites excluding steroid dienone is 2. The maximum Gasteiger partial charge on any atom is 0.311 e. The Bertz CT molecular complexity index is 1470. The second kappa shape index (κ2) is 9.19. The fourth-order valence-electron chi connectivity index (χ4n) is 5.01. The van der Waals surface area contributed by atoms with E-state index in [2.05, 4.69) is 22.2 Å². The van der Waals surface area contributed by atoms with Crippen molar-refractivity contribution in [2.75, 3.05) is 24.3 Å². The Balaban J connectivity index is 1.48. The minimum Gasteiger partial charge on any atom is -0.497 e. The fourth-order valence-corrected chi connectivity index (χ4v) is 6.10. The third kappa shape index (κ3) is 4.24. The minimum atomic E-state index is -3.84. The number of ether oxygens (including phenoxy) is 2. The van der Waals surface area contributed by atoms with Crippen LogP contribution in [0.2, 0.25) is 0 Å². The van der Waals surface area contributed by atoms with E-state index in [0.717, 1.165) is 23.2 Å². The number of anilines is 2. The summed E-state index contributed by atoms with van der Waals surface area (Å²) in [6.45, 7) is 0. The molecule has 0 amide bonds. The highest BCUT2D eigenvalue weighted by molar-refractivity contribution is 7.92. The van der Waals surface area contributed by atoms with E-state index in [1.165, 1.54) is 14.2 Å². The molecular formula is C26H25N3O6S. The second-order valence-electron chi connectivity index (χ2n) is 8.75. The Labute approximate surface area is 209 Å². The van der Waals surface area contributed by atoms with Gasteiger partial charge >= 0.3 is 5.69 Å². The van der Waals surface area contributed by atoms with E-state index in [-0.39, 0.29) is 34.2 Å². The molecule has 3 aromatic rings. The minimum absolute atomic E-state index is 0.0284. The van der Waals surface area contributed by atoms with Crippen LogP contribution in [-0.2, 0) is 10.0 Å². The normalized spacial score (nSPS) is 20.1. The van der Waals surface area contributed by atoms with Gasteiger partial charge in [-0.2, -0.15) is 0 Å². The van der Waals surface area contributed by atoms with Gasteiger partial charge in [-0.15, -0.1) is 0 Å². The zero-order chi connectivity index (χ0) is 25.4. The Hall–Kier alpha value is -4.05. The summed E-state index contributed by atoms with van der Waals surface area (Å²) in [6, 6.07) is 16.6. The molecule has 0 radical (unpaired) electrons. The van der Waals surface area contributed by atoms with Crippen LogP contribution in [0.25, 0.3) is 0 Å². The average Bonchev–Trinajstić information content (AvgIpc) is 3.38. The van der Waals surface area contributed by atoms with E-state index < -0.39 is 14.9 Å². The van der Waals surface area contributed by atoms with Gasteiger partial charge < -0.3 is 14.8 Å². The van der Waals surface area contributed by atoms with E-state index in [0.29, 0.717) is 11.4 Å². The van der Waals surface area contributed by atoms with Gasteiger partial charge in [-0.05, 0) is 59.9 Å². The molecular weight excluding hydrogens is 482 g/mol. The summed E-state index contributed by atoms with van der Waals surface area (Å²) in [4.78, 5) is 11.3. The summed E-state index contributed by atoms with van der Waals surface area (Å²) in [5.74, 6) is 0.808. The first kappa shape index (κ1) is 23.7. The number of hydrogen-bond donors (Lipinski definition) is 2. The van der Waals surface area contributed by atoms with E-state index in [9.17, 15) is 18.5 Å². The molecule has 2 aliphatic rings. The van der Waals surface area contributed by atoms with Crippen LogP contribution < -0.4 is 19.5 Å². The zero-order valence-corrected chi connectivity index (χ0v) is 20.5. The van der Waals surface area contributed by atoms with Gasteiger partial charge in [0.1, 0.15) is 5.75 Å². The summed E-state index contributed by atoms with van der Waals surface area (Å²) in [6.07, 6.45) is 4.93. The monoisotopic (exact) mass is 507 g/mol. The number of nitro benzene ring substituents is 1. The molecule has 186 valence electrons. The number of sulfonamides is 1. The van der Waals surface area contributed by atoms with Gasteiger partial charge in [0.25, 0.3) is 10.0 Å². The molecule has 0 spiro atoms. The Kier molecular flexibility index (Phi) is 6.05. The van der Waals surface area contributed by atoms with E-state index >= 15 is 0 Å². The molecule has 0 fully saturated rings. The molecule has 1 aliphatic carbocycles. The maximum atomic E-state index is 13.2. The summed E-state index contributed by atoms with van der Waals surface area (Å²) < 4.78 is 39.3. The molecule has 3 atom stereocenters. The first-order valence-electron chi connectivity index (χ1n) is 11.4. The Morgan fingerprint density at radius 3 is 2.64 bits per heavy atom. The van der Waals surface area contributed by atoms with Gasteiger partial charge in [-0.25, -0.2) is 8.42 Å². The zero-order valence-electron chi connectivity index (χ0n) is 19.7. The van der Waals surface area contributed by atoms with E-state index in [4.69, 9.17) is 9.47 Å². The lowest BCUT2D eigenvalue weighted by molar-refractivity contribution is -0.385. The number of nitro groups is 1. The lowest BCUT2D eigenvalue weighted by Gasteiger charge is -2.37. The fraction of sp³-hybridized carbons (Fsp3) is 0.231. The van der Waals surface area contributed by atoms with Crippen molar-refractivity contribution in [3.05, 3.63) is 94.1 Å². The second-order valence-corrected chi connectivity index (χ2v) is 10.4. The van der Waals surface area contributed by atoms with Crippen LogP contribution in [0.3, 0.4) is 0 Å². The van der Waals surface area contributed by atoms with Crippen molar-refractivity contribution in [2.45, 2.75) is 23.3 Å². The third-order valence-corrected chi connectivity index (χ3v) is 8.10. The van der Waals surface area contributed by atoms with Crippen molar-refractivity contribution >= 4 is 27.1 Å². The lowest BCUT2D eigenvalue weighted by Crippen LogP contribution is -2.29. The van der Waals surface area contributed by atoms with E-state index in [1.54, 1.807) is 54.6 Å². The van der Waals surface area contributed by atoms with E-state index in [1.807, 2.05) is 6.07 Å². The Morgan fingerprint density at radius 1 is 1.06 bits per heavy atom. The van der Waals surface area contributed by atoms with Crippen LogP contribution in [0.15, 0.2) is 77.7 Å². The summed E-state index contributed by atoms with van der Waals surface area (Å²) in [7, 11) is -0.909. The van der Waals surface area contributed by atoms with Crippen molar-refractivity contribution in [2.24, 2.45) is 5.92 Å². The molecule has 3 aromatic carbocycles. The summed E-state index contributed by atoms with van der Waals surface area (Å²) >= 11 is 0. The van der Waals surface area contributed by atoms with Crippen molar-refractivity contribution in [3.63, 3.8) is 0 Å². The predicted octanol–water partition coefficient (Wildman–Crippen LogP) is 5.24. The molecule has 36 heavy (non-hydrogen) atoms. The molecule has 0 unspecified atom stereocenters. The van der Waals surface area contributed by atoms with Gasteiger partial charge in [0.2, 0.25) is 0 Å². The summed E-state index contributed by atoms with van der Waals surface area (Å²) in [5.41, 5.74) is 2.77. The quantitative estimate of drug-likeness (QED) is 0.255. The molecule has 0 saturated heterocycles.